The first-order chi connectivity index (χ1) is 7.06. The van der Waals surface area contributed by atoms with Crippen LogP contribution in [0.3, 0.4) is 0 Å². The Morgan fingerprint density at radius 1 is 1.44 bits per heavy atom. The normalized spacial score (nSPS) is 12.0. The summed E-state index contributed by atoms with van der Waals surface area (Å²) in [6.07, 6.45) is 3.05. The van der Waals surface area contributed by atoms with Crippen molar-refractivity contribution >= 4 is 24.0 Å². The molecule has 0 heterocycles. The van der Waals surface area contributed by atoms with Crippen LogP contribution in [0.5, 0.6) is 5.75 Å². The fourth-order valence-corrected chi connectivity index (χ4v) is 1.90. The first kappa shape index (κ1) is 15.6. The van der Waals surface area contributed by atoms with Crippen molar-refractivity contribution < 1.29 is 5.11 Å². The smallest absolute Gasteiger partial charge is 0.123 e. The summed E-state index contributed by atoms with van der Waals surface area (Å²) < 4.78 is 0. The van der Waals surface area contributed by atoms with Gasteiger partial charge in [0.2, 0.25) is 0 Å². The quantitative estimate of drug-likeness (QED) is 0.864. The molecule has 0 saturated carbocycles. The van der Waals surface area contributed by atoms with Crippen LogP contribution in [0.25, 0.3) is 0 Å². The largest absolute Gasteiger partial charge is 0.507 e. The highest BCUT2D eigenvalue weighted by Gasteiger charge is 2.13. The predicted octanol–water partition coefficient (Wildman–Crippen LogP) is 3.97. The molecule has 0 spiro atoms. The van der Waals surface area contributed by atoms with Gasteiger partial charge in [-0.3, -0.25) is 0 Å². The van der Waals surface area contributed by atoms with Gasteiger partial charge in [-0.1, -0.05) is 31.4 Å². The van der Waals surface area contributed by atoms with Crippen LogP contribution in [0.2, 0.25) is 5.02 Å². The third kappa shape index (κ3) is 3.85. The average Bonchev–Trinajstić information content (AvgIpc) is 2.19. The molecule has 16 heavy (non-hydrogen) atoms. The lowest BCUT2D eigenvalue weighted by Gasteiger charge is -2.15. The summed E-state index contributed by atoms with van der Waals surface area (Å²) in [5.74, 6) is 0.281. The van der Waals surface area contributed by atoms with Gasteiger partial charge in [-0.15, -0.1) is 12.4 Å². The summed E-state index contributed by atoms with van der Waals surface area (Å²) in [5.41, 5.74) is 7.54. The Kier molecular flexibility index (Phi) is 6.81. The maximum Gasteiger partial charge on any atom is 0.123 e. The Morgan fingerprint density at radius 3 is 2.62 bits per heavy atom. The van der Waals surface area contributed by atoms with Crippen molar-refractivity contribution in [3.05, 3.63) is 28.3 Å². The molecule has 4 heteroatoms. The molecule has 0 unspecified atom stereocenters. The van der Waals surface area contributed by atoms with E-state index in [0.29, 0.717) is 5.02 Å². The molecule has 1 aromatic carbocycles. The number of nitrogens with two attached hydrogens (primary N) is 1. The molecule has 0 aliphatic rings. The number of hydrogen-bond acceptors (Lipinski definition) is 2. The highest BCUT2D eigenvalue weighted by Crippen LogP contribution is 2.31. The molecule has 0 amide bonds. The molecule has 0 radical (unpaired) electrons. The summed E-state index contributed by atoms with van der Waals surface area (Å²) in [4.78, 5) is 0. The zero-order valence-electron chi connectivity index (χ0n) is 9.66. The molecule has 0 aliphatic heterocycles. The number of rotatable bonds is 4. The van der Waals surface area contributed by atoms with Crippen molar-refractivity contribution in [2.75, 3.05) is 0 Å². The third-order valence-corrected chi connectivity index (χ3v) is 2.78. The average molecular weight is 264 g/mol. The van der Waals surface area contributed by atoms with Crippen LogP contribution in [0.15, 0.2) is 12.1 Å². The van der Waals surface area contributed by atoms with E-state index < -0.39 is 0 Å². The van der Waals surface area contributed by atoms with Crippen molar-refractivity contribution in [3.63, 3.8) is 0 Å². The molecular formula is C12H19Cl2NO. The molecule has 0 aromatic heterocycles. The molecule has 0 fully saturated rings. The van der Waals surface area contributed by atoms with E-state index in [1.54, 1.807) is 12.1 Å². The van der Waals surface area contributed by atoms with Gasteiger partial charge in [0, 0.05) is 16.6 Å². The molecule has 2 nitrogen and oxygen atoms in total. The maximum atomic E-state index is 9.85. The van der Waals surface area contributed by atoms with E-state index in [0.717, 1.165) is 30.4 Å². The molecule has 1 rings (SSSR count). The van der Waals surface area contributed by atoms with Gasteiger partial charge in [-0.2, -0.15) is 0 Å². The number of unbranched alkanes of at least 4 members (excludes halogenated alkanes) is 1. The Labute approximate surface area is 108 Å². The van der Waals surface area contributed by atoms with Gasteiger partial charge in [-0.25, -0.2) is 0 Å². The van der Waals surface area contributed by atoms with Crippen LogP contribution < -0.4 is 5.73 Å². The fourth-order valence-electron chi connectivity index (χ4n) is 1.62. The number of phenolic OH excluding ortho intramolecular Hbond substituents is 1. The van der Waals surface area contributed by atoms with Crippen LogP contribution >= 0.6 is 24.0 Å². The molecule has 0 saturated heterocycles. The minimum Gasteiger partial charge on any atom is -0.507 e. The fraction of sp³-hybridized carbons (Fsp3) is 0.500. The topological polar surface area (TPSA) is 46.2 Å². The molecule has 3 N–H and O–H groups in total. The van der Waals surface area contributed by atoms with Gasteiger partial charge in [0.05, 0.1) is 0 Å². The number of phenols is 1. The van der Waals surface area contributed by atoms with E-state index in [-0.39, 0.29) is 24.2 Å². The monoisotopic (exact) mass is 263 g/mol. The summed E-state index contributed by atoms with van der Waals surface area (Å²) >= 11 is 5.93. The van der Waals surface area contributed by atoms with Gasteiger partial charge < -0.3 is 10.8 Å². The number of aromatic hydroxyl groups is 1. The van der Waals surface area contributed by atoms with E-state index in [1.165, 1.54) is 0 Å². The van der Waals surface area contributed by atoms with Gasteiger partial charge in [0.1, 0.15) is 5.75 Å². The minimum absolute atomic E-state index is 0. The second kappa shape index (κ2) is 7.00. The molecule has 0 aliphatic carbocycles. The number of aryl methyl sites for hydroxylation is 1. The Bertz CT molecular complexity index is 342. The van der Waals surface area contributed by atoms with Crippen LogP contribution in [-0.4, -0.2) is 5.11 Å². The van der Waals surface area contributed by atoms with Crippen molar-refractivity contribution in [1.29, 1.82) is 0 Å². The zero-order chi connectivity index (χ0) is 11.4. The van der Waals surface area contributed by atoms with Crippen molar-refractivity contribution in [3.8, 4) is 5.75 Å². The molecule has 0 bridgehead atoms. The van der Waals surface area contributed by atoms with Gasteiger partial charge in [-0.05, 0) is 31.0 Å². The molecule has 1 aromatic rings. The second-order valence-electron chi connectivity index (χ2n) is 3.91. The van der Waals surface area contributed by atoms with E-state index in [4.69, 9.17) is 17.3 Å². The SMILES string of the molecule is CCCC[C@H](N)c1cc(Cl)cc(C)c1O.Cl. The lowest BCUT2D eigenvalue weighted by molar-refractivity contribution is 0.452. The van der Waals surface area contributed by atoms with Crippen LogP contribution in [-0.2, 0) is 0 Å². The highest BCUT2D eigenvalue weighted by atomic mass is 35.5. The summed E-state index contributed by atoms with van der Waals surface area (Å²) in [7, 11) is 0. The lowest BCUT2D eigenvalue weighted by Crippen LogP contribution is -2.10. The second-order valence-corrected chi connectivity index (χ2v) is 4.35. The van der Waals surface area contributed by atoms with Crippen LogP contribution in [0.4, 0.5) is 0 Å². The summed E-state index contributed by atoms with van der Waals surface area (Å²) in [5, 5.41) is 10.5. The first-order valence-electron chi connectivity index (χ1n) is 5.30. The Balaban J connectivity index is 0.00000225. The van der Waals surface area contributed by atoms with Crippen molar-refractivity contribution in [2.45, 2.75) is 39.2 Å². The van der Waals surface area contributed by atoms with Crippen LogP contribution in [0.1, 0.15) is 43.4 Å². The Morgan fingerprint density at radius 2 is 2.06 bits per heavy atom. The highest BCUT2D eigenvalue weighted by molar-refractivity contribution is 6.30. The standard InChI is InChI=1S/C12H18ClNO.ClH/c1-3-4-5-11(14)10-7-9(13)6-8(2)12(10)15;/h6-7,11,15H,3-5,14H2,1-2H3;1H/t11-;/m0./s1. The van der Waals surface area contributed by atoms with E-state index in [2.05, 4.69) is 6.92 Å². The van der Waals surface area contributed by atoms with Gasteiger partial charge >= 0.3 is 0 Å². The summed E-state index contributed by atoms with van der Waals surface area (Å²) in [6.45, 7) is 3.95. The number of halogens is 2. The first-order valence-corrected chi connectivity index (χ1v) is 5.68. The maximum absolute atomic E-state index is 9.85. The number of hydrogen-bond donors (Lipinski definition) is 2. The van der Waals surface area contributed by atoms with Gasteiger partial charge in [0.25, 0.3) is 0 Å². The predicted molar refractivity (Wildman–Crippen MR) is 71.6 cm³/mol. The molecular weight excluding hydrogens is 245 g/mol. The number of benzene rings is 1. The van der Waals surface area contributed by atoms with Crippen LogP contribution in [0, 0.1) is 6.92 Å². The molecule has 1 atom stereocenters. The van der Waals surface area contributed by atoms with Crippen molar-refractivity contribution in [2.24, 2.45) is 5.73 Å². The lowest BCUT2D eigenvalue weighted by atomic mass is 9.99. The van der Waals surface area contributed by atoms with E-state index in [1.807, 2.05) is 6.92 Å². The molecule has 92 valence electrons. The van der Waals surface area contributed by atoms with E-state index in [9.17, 15) is 5.11 Å². The van der Waals surface area contributed by atoms with Gasteiger partial charge in [0.15, 0.2) is 0 Å². The van der Waals surface area contributed by atoms with Crippen molar-refractivity contribution in [1.82, 2.24) is 0 Å². The third-order valence-electron chi connectivity index (χ3n) is 2.56. The minimum atomic E-state index is -0.123. The summed E-state index contributed by atoms with van der Waals surface area (Å²) in [6, 6.07) is 3.37. The van der Waals surface area contributed by atoms with E-state index >= 15 is 0 Å². The zero-order valence-corrected chi connectivity index (χ0v) is 11.2. The Hall–Kier alpha value is -0.440.